The highest BCUT2D eigenvalue weighted by atomic mass is 32.2. The summed E-state index contributed by atoms with van der Waals surface area (Å²) in [7, 11) is -3.60. The molecule has 4 rings (SSSR count). The van der Waals surface area contributed by atoms with E-state index < -0.39 is 15.6 Å². The summed E-state index contributed by atoms with van der Waals surface area (Å²) in [4.78, 5) is 0.232. The monoisotopic (exact) mass is 367 g/mol. The van der Waals surface area contributed by atoms with E-state index in [0.29, 0.717) is 44.2 Å². The zero-order valence-electron chi connectivity index (χ0n) is 14.5. The lowest BCUT2D eigenvalue weighted by atomic mass is 9.69. The molecule has 0 aromatic heterocycles. The molecule has 1 saturated heterocycles. The topological polar surface area (TPSA) is 76.1 Å². The van der Waals surface area contributed by atoms with Crippen LogP contribution in [0.4, 0.5) is 0 Å². The van der Waals surface area contributed by atoms with Gasteiger partial charge in [0.25, 0.3) is 0 Å². The van der Waals surface area contributed by atoms with E-state index >= 15 is 0 Å². The Morgan fingerprint density at radius 2 is 2.00 bits per heavy atom. The Bertz CT molecular complexity index is 765. The number of ether oxygens (including phenoxy) is 2. The average molecular weight is 367 g/mol. The van der Waals surface area contributed by atoms with E-state index in [4.69, 9.17) is 9.47 Å². The number of fused-ring (bicyclic) bond motifs is 2. The first-order chi connectivity index (χ1) is 11.9. The van der Waals surface area contributed by atoms with Gasteiger partial charge in [0.1, 0.15) is 13.2 Å². The second-order valence-corrected chi connectivity index (χ2v) is 9.28. The van der Waals surface area contributed by atoms with Crippen LogP contribution in [0.1, 0.15) is 32.6 Å². The molecule has 0 spiro atoms. The van der Waals surface area contributed by atoms with Gasteiger partial charge in [-0.1, -0.05) is 13.3 Å². The zero-order valence-corrected chi connectivity index (χ0v) is 15.3. The van der Waals surface area contributed by atoms with Gasteiger partial charge in [-0.15, -0.1) is 0 Å². The van der Waals surface area contributed by atoms with Crippen LogP contribution in [0.3, 0.4) is 0 Å². The largest absolute Gasteiger partial charge is 0.486 e. The molecule has 0 unspecified atom stereocenters. The van der Waals surface area contributed by atoms with Crippen LogP contribution >= 0.6 is 0 Å². The number of hydrogen-bond acceptors (Lipinski definition) is 5. The molecule has 138 valence electrons. The summed E-state index contributed by atoms with van der Waals surface area (Å²) in [6, 6.07) is 4.79. The van der Waals surface area contributed by atoms with Crippen LogP contribution in [0, 0.1) is 11.8 Å². The third-order valence-electron chi connectivity index (χ3n) is 6.05. The number of sulfonamides is 1. The molecule has 0 bridgehead atoms. The molecule has 6 nitrogen and oxygen atoms in total. The SMILES string of the molecule is CC[C@@]1(O)CCC[C@@H]2CN(S(=O)(=O)c3ccc4c(c3)OCCO4)C[C@@H]21. The van der Waals surface area contributed by atoms with Gasteiger partial charge in [0.2, 0.25) is 10.0 Å². The van der Waals surface area contributed by atoms with Crippen LogP contribution in [0.5, 0.6) is 11.5 Å². The Morgan fingerprint density at radius 3 is 2.76 bits per heavy atom. The molecule has 1 saturated carbocycles. The van der Waals surface area contributed by atoms with Crippen LogP contribution in [0.25, 0.3) is 0 Å². The van der Waals surface area contributed by atoms with Gasteiger partial charge in [-0.05, 0) is 37.3 Å². The fourth-order valence-electron chi connectivity index (χ4n) is 4.56. The molecular formula is C18H25NO5S. The Labute approximate surface area is 148 Å². The number of hydrogen-bond donors (Lipinski definition) is 1. The summed E-state index contributed by atoms with van der Waals surface area (Å²) in [6.45, 7) is 3.77. The van der Waals surface area contributed by atoms with E-state index in [1.807, 2.05) is 6.92 Å². The maximum absolute atomic E-state index is 13.1. The number of benzene rings is 1. The van der Waals surface area contributed by atoms with Gasteiger partial charge in [-0.3, -0.25) is 0 Å². The van der Waals surface area contributed by atoms with Gasteiger partial charge in [-0.25, -0.2) is 8.42 Å². The zero-order chi connectivity index (χ0) is 17.7. The highest BCUT2D eigenvalue weighted by Gasteiger charge is 2.50. The average Bonchev–Trinajstić information content (AvgIpc) is 3.08. The van der Waals surface area contributed by atoms with Crippen molar-refractivity contribution < 1.29 is 23.0 Å². The molecule has 7 heteroatoms. The fraction of sp³-hybridized carbons (Fsp3) is 0.667. The molecule has 25 heavy (non-hydrogen) atoms. The van der Waals surface area contributed by atoms with Crippen molar-refractivity contribution in [1.29, 1.82) is 0 Å². The van der Waals surface area contributed by atoms with Gasteiger partial charge in [0, 0.05) is 25.1 Å². The maximum Gasteiger partial charge on any atom is 0.243 e. The standard InChI is InChI=1S/C18H25NO5S/c1-2-18(20)7-3-4-13-11-19(12-15(13)18)25(21,22)14-5-6-16-17(10-14)24-9-8-23-16/h5-6,10,13,15,20H,2-4,7-9,11-12H2,1H3/t13-,15+,18-/m1/s1. The summed E-state index contributed by atoms with van der Waals surface area (Å²) in [5, 5.41) is 10.9. The van der Waals surface area contributed by atoms with Crippen LogP contribution in [-0.4, -0.2) is 49.7 Å². The number of nitrogens with zero attached hydrogens (tertiary/aromatic N) is 1. The summed E-state index contributed by atoms with van der Waals surface area (Å²) in [5.74, 6) is 1.33. The second-order valence-electron chi connectivity index (χ2n) is 7.34. The molecule has 3 aliphatic rings. The summed E-state index contributed by atoms with van der Waals surface area (Å²) in [5.41, 5.74) is -0.736. The van der Waals surface area contributed by atoms with Crippen LogP contribution in [-0.2, 0) is 10.0 Å². The fourth-order valence-corrected chi connectivity index (χ4v) is 6.10. The molecule has 1 N–H and O–H groups in total. The summed E-state index contributed by atoms with van der Waals surface area (Å²) >= 11 is 0. The lowest BCUT2D eigenvalue weighted by molar-refractivity contribution is -0.0605. The minimum atomic E-state index is -3.60. The van der Waals surface area contributed by atoms with Crippen LogP contribution in [0.2, 0.25) is 0 Å². The Kier molecular flexibility index (Phi) is 4.21. The number of aliphatic hydroxyl groups is 1. The molecule has 1 aliphatic carbocycles. The third-order valence-corrected chi connectivity index (χ3v) is 7.87. The molecule has 2 aliphatic heterocycles. The quantitative estimate of drug-likeness (QED) is 0.885. The molecule has 0 amide bonds. The van der Waals surface area contributed by atoms with Crippen molar-refractivity contribution in [3.8, 4) is 11.5 Å². The van der Waals surface area contributed by atoms with Gasteiger partial charge >= 0.3 is 0 Å². The molecule has 1 aromatic carbocycles. The first-order valence-electron chi connectivity index (χ1n) is 9.06. The van der Waals surface area contributed by atoms with E-state index in [2.05, 4.69) is 0 Å². The molecule has 2 fully saturated rings. The van der Waals surface area contributed by atoms with Gasteiger partial charge in [-0.2, -0.15) is 4.31 Å². The molecule has 1 aromatic rings. The van der Waals surface area contributed by atoms with Gasteiger partial charge < -0.3 is 14.6 Å². The van der Waals surface area contributed by atoms with Crippen LogP contribution in [0.15, 0.2) is 23.1 Å². The highest BCUT2D eigenvalue weighted by Crippen LogP contribution is 2.45. The predicted octanol–water partition coefficient (Wildman–Crippen LogP) is 2.02. The van der Waals surface area contributed by atoms with E-state index in [9.17, 15) is 13.5 Å². The molecular weight excluding hydrogens is 342 g/mol. The predicted molar refractivity (Wildman–Crippen MR) is 92.3 cm³/mol. The van der Waals surface area contributed by atoms with Gasteiger partial charge in [0.05, 0.1) is 10.5 Å². The Balaban J connectivity index is 1.61. The second kappa shape index (κ2) is 6.14. The van der Waals surface area contributed by atoms with Crippen LogP contribution < -0.4 is 9.47 Å². The van der Waals surface area contributed by atoms with E-state index in [0.717, 1.165) is 19.3 Å². The first-order valence-corrected chi connectivity index (χ1v) is 10.5. The first kappa shape index (κ1) is 17.1. The smallest absolute Gasteiger partial charge is 0.243 e. The van der Waals surface area contributed by atoms with Crippen molar-refractivity contribution >= 4 is 10.0 Å². The van der Waals surface area contributed by atoms with E-state index in [1.54, 1.807) is 22.5 Å². The van der Waals surface area contributed by atoms with Crippen molar-refractivity contribution in [3.63, 3.8) is 0 Å². The van der Waals surface area contributed by atoms with Crippen molar-refractivity contribution in [1.82, 2.24) is 4.31 Å². The third kappa shape index (κ3) is 2.82. The molecule has 2 heterocycles. The normalized spacial score (nSPS) is 32.4. The lowest BCUT2D eigenvalue weighted by Crippen LogP contribution is -2.44. The lowest BCUT2D eigenvalue weighted by Gasteiger charge is -2.40. The minimum absolute atomic E-state index is 0.0261. The summed E-state index contributed by atoms with van der Waals surface area (Å²) in [6.07, 6.45) is 3.39. The van der Waals surface area contributed by atoms with E-state index in [1.165, 1.54) is 0 Å². The molecule has 3 atom stereocenters. The van der Waals surface area contributed by atoms with Crippen molar-refractivity contribution in [3.05, 3.63) is 18.2 Å². The van der Waals surface area contributed by atoms with Crippen molar-refractivity contribution in [2.75, 3.05) is 26.3 Å². The number of rotatable bonds is 3. The highest BCUT2D eigenvalue weighted by molar-refractivity contribution is 7.89. The Morgan fingerprint density at radius 1 is 1.24 bits per heavy atom. The van der Waals surface area contributed by atoms with E-state index in [-0.39, 0.29) is 16.7 Å². The maximum atomic E-state index is 13.1. The van der Waals surface area contributed by atoms with Crippen molar-refractivity contribution in [2.45, 2.75) is 43.1 Å². The van der Waals surface area contributed by atoms with Gasteiger partial charge in [0.15, 0.2) is 11.5 Å². The van der Waals surface area contributed by atoms with Crippen molar-refractivity contribution in [2.24, 2.45) is 11.8 Å². The minimum Gasteiger partial charge on any atom is -0.486 e. The Hall–Kier alpha value is -1.31. The molecule has 0 radical (unpaired) electrons. The summed E-state index contributed by atoms with van der Waals surface area (Å²) < 4.78 is 38.8.